The number of sulfone groups is 1. The van der Waals surface area contributed by atoms with E-state index in [1.165, 1.54) is 12.5 Å². The van der Waals surface area contributed by atoms with E-state index < -0.39 is 9.84 Å². The second-order valence-electron chi connectivity index (χ2n) is 8.07. The van der Waals surface area contributed by atoms with Gasteiger partial charge in [-0.05, 0) is 55.7 Å². The third kappa shape index (κ3) is 3.55. The number of fused-ring (bicyclic) bond motifs is 1. The fraction of sp³-hybridized carbons (Fsp3) is 0.364. The molecule has 6 nitrogen and oxygen atoms in total. The number of rotatable bonds is 3. The van der Waals surface area contributed by atoms with Gasteiger partial charge in [-0.25, -0.2) is 13.3 Å². The third-order valence-electron chi connectivity index (χ3n) is 6.11. The van der Waals surface area contributed by atoms with Gasteiger partial charge in [0.05, 0.1) is 28.7 Å². The summed E-state index contributed by atoms with van der Waals surface area (Å²) in [4.78, 5) is 7.86. The molecule has 0 amide bonds. The quantitative estimate of drug-likeness (QED) is 0.556. The van der Waals surface area contributed by atoms with Crippen LogP contribution in [0.15, 0.2) is 30.7 Å². The molecule has 0 radical (unpaired) electrons. The number of nitrogens with zero attached hydrogens (tertiary/aromatic N) is 3. The molecule has 156 valence electrons. The summed E-state index contributed by atoms with van der Waals surface area (Å²) < 4.78 is 26.1. The van der Waals surface area contributed by atoms with Gasteiger partial charge in [0.1, 0.15) is 9.84 Å². The number of aryl methyl sites for hydroxylation is 1. The Balaban J connectivity index is 1.86. The summed E-state index contributed by atoms with van der Waals surface area (Å²) in [6, 6.07) is 4.11. The van der Waals surface area contributed by atoms with E-state index >= 15 is 0 Å². The molecule has 0 bridgehead atoms. The first-order valence-corrected chi connectivity index (χ1v) is 12.1. The molecular weight excluding hydrogens is 420 g/mol. The molecule has 1 aliphatic rings. The summed E-state index contributed by atoms with van der Waals surface area (Å²) in [6.45, 7) is 9.43. The molecule has 1 saturated carbocycles. The second-order valence-corrected chi connectivity index (χ2v) is 10.8. The molecule has 0 unspecified atom stereocenters. The molecule has 1 aromatic carbocycles. The van der Waals surface area contributed by atoms with Gasteiger partial charge < -0.3 is 10.3 Å². The molecule has 0 aliphatic heterocycles. The maximum atomic E-state index is 11.9. The number of hydrogen-bond acceptors (Lipinski definition) is 4. The standard InChI is InChI=1S/C22H23ClN4O2S/c1-13-8-21-16(9-20(13)25-2)18(17-10-26-11-19(24)22(17)23)12-27(21)14-4-6-15(7-5-14)30(3,28)29/h8-12,14-15H,4-7,24H2,1,3H3. The lowest BCUT2D eigenvalue weighted by Gasteiger charge is -2.29. The van der Waals surface area contributed by atoms with Gasteiger partial charge in [-0.3, -0.25) is 4.98 Å². The first kappa shape index (κ1) is 20.7. The number of halogens is 1. The monoisotopic (exact) mass is 442 g/mol. The Morgan fingerprint density at radius 3 is 2.53 bits per heavy atom. The zero-order chi connectivity index (χ0) is 21.6. The van der Waals surface area contributed by atoms with E-state index in [1.54, 1.807) is 6.20 Å². The number of pyridine rings is 1. The van der Waals surface area contributed by atoms with Gasteiger partial charge in [-0.1, -0.05) is 11.6 Å². The topological polar surface area (TPSA) is 82.3 Å². The molecule has 2 N–H and O–H groups in total. The minimum absolute atomic E-state index is 0.185. The highest BCUT2D eigenvalue weighted by atomic mass is 35.5. The highest BCUT2D eigenvalue weighted by Gasteiger charge is 2.30. The largest absolute Gasteiger partial charge is 0.396 e. The Morgan fingerprint density at radius 1 is 1.20 bits per heavy atom. The van der Waals surface area contributed by atoms with Crippen LogP contribution in [0.2, 0.25) is 5.02 Å². The Morgan fingerprint density at radius 2 is 1.90 bits per heavy atom. The van der Waals surface area contributed by atoms with Gasteiger partial charge in [0.2, 0.25) is 0 Å². The van der Waals surface area contributed by atoms with Crippen LogP contribution < -0.4 is 5.73 Å². The molecule has 1 fully saturated rings. The summed E-state index contributed by atoms with van der Waals surface area (Å²) in [5.41, 5.74) is 10.5. The van der Waals surface area contributed by atoms with Crippen molar-refractivity contribution in [3.8, 4) is 11.1 Å². The predicted octanol–water partition coefficient (Wildman–Crippen LogP) is 5.33. The maximum absolute atomic E-state index is 11.9. The average Bonchev–Trinajstić information content (AvgIpc) is 3.07. The normalized spacial score (nSPS) is 19.7. The minimum atomic E-state index is -3.02. The van der Waals surface area contributed by atoms with E-state index in [2.05, 4.69) is 14.4 Å². The van der Waals surface area contributed by atoms with Gasteiger partial charge in [-0.15, -0.1) is 0 Å². The Hall–Kier alpha value is -2.56. The lowest BCUT2D eigenvalue weighted by Crippen LogP contribution is -2.27. The third-order valence-corrected chi connectivity index (χ3v) is 8.22. The van der Waals surface area contributed by atoms with Crippen LogP contribution in [0.3, 0.4) is 0 Å². The SMILES string of the molecule is [C-]#[N+]c1cc2c(-c3cncc(N)c3Cl)cn(C3CCC(S(C)(=O)=O)CC3)c2cc1C. The van der Waals surface area contributed by atoms with Crippen LogP contribution in [-0.4, -0.2) is 29.5 Å². The Bertz CT molecular complexity index is 1280. The first-order valence-electron chi connectivity index (χ1n) is 9.81. The predicted molar refractivity (Wildman–Crippen MR) is 122 cm³/mol. The number of benzene rings is 1. The van der Waals surface area contributed by atoms with E-state index in [1.807, 2.05) is 25.3 Å². The number of aromatic nitrogens is 2. The zero-order valence-corrected chi connectivity index (χ0v) is 18.5. The molecular formula is C22H23ClN4O2S. The Labute approximate surface area is 181 Å². The van der Waals surface area contributed by atoms with Crippen LogP contribution in [-0.2, 0) is 9.84 Å². The number of hydrogen-bond donors (Lipinski definition) is 1. The maximum Gasteiger partial charge on any atom is 0.190 e. The molecule has 2 aromatic heterocycles. The van der Waals surface area contributed by atoms with E-state index in [0.29, 0.717) is 29.2 Å². The summed E-state index contributed by atoms with van der Waals surface area (Å²) in [5, 5.41) is 1.10. The van der Waals surface area contributed by atoms with E-state index in [-0.39, 0.29) is 11.3 Å². The summed E-state index contributed by atoms with van der Waals surface area (Å²) >= 11 is 6.50. The Kier molecular flexibility index (Phi) is 5.25. The summed E-state index contributed by atoms with van der Waals surface area (Å²) in [7, 11) is -3.02. The first-order chi connectivity index (χ1) is 14.2. The van der Waals surface area contributed by atoms with Crippen molar-refractivity contribution in [1.82, 2.24) is 9.55 Å². The van der Waals surface area contributed by atoms with Gasteiger partial charge in [0.15, 0.2) is 5.69 Å². The van der Waals surface area contributed by atoms with Crippen LogP contribution in [0.5, 0.6) is 0 Å². The van der Waals surface area contributed by atoms with E-state index in [4.69, 9.17) is 23.9 Å². The van der Waals surface area contributed by atoms with Gasteiger partial charge in [0.25, 0.3) is 0 Å². The molecule has 30 heavy (non-hydrogen) atoms. The van der Waals surface area contributed by atoms with Crippen molar-refractivity contribution in [2.45, 2.75) is 43.9 Å². The summed E-state index contributed by atoms with van der Waals surface area (Å²) in [6.07, 6.45) is 9.45. The van der Waals surface area contributed by atoms with E-state index in [0.717, 1.165) is 40.4 Å². The molecule has 1 aliphatic carbocycles. The second kappa shape index (κ2) is 7.60. The van der Waals surface area contributed by atoms with Gasteiger partial charge in [0, 0.05) is 41.3 Å². The number of nitrogens with two attached hydrogens (primary N) is 1. The molecule has 4 rings (SSSR count). The minimum Gasteiger partial charge on any atom is -0.396 e. The molecule has 8 heteroatoms. The number of nitrogen functional groups attached to an aromatic ring is 1. The highest BCUT2D eigenvalue weighted by molar-refractivity contribution is 7.91. The molecule has 3 aromatic rings. The zero-order valence-electron chi connectivity index (χ0n) is 16.9. The average molecular weight is 443 g/mol. The fourth-order valence-electron chi connectivity index (χ4n) is 4.43. The van der Waals surface area contributed by atoms with Gasteiger partial charge >= 0.3 is 0 Å². The van der Waals surface area contributed by atoms with Gasteiger partial charge in [-0.2, -0.15) is 0 Å². The molecule has 0 saturated heterocycles. The molecule has 2 heterocycles. The van der Waals surface area contributed by atoms with Crippen molar-refractivity contribution < 1.29 is 8.42 Å². The van der Waals surface area contributed by atoms with Crippen LogP contribution >= 0.6 is 11.6 Å². The van der Waals surface area contributed by atoms with Crippen LogP contribution in [0.1, 0.15) is 37.3 Å². The number of anilines is 1. The highest BCUT2D eigenvalue weighted by Crippen LogP contribution is 2.42. The molecule has 0 spiro atoms. The van der Waals surface area contributed by atoms with Crippen molar-refractivity contribution in [3.63, 3.8) is 0 Å². The van der Waals surface area contributed by atoms with E-state index in [9.17, 15) is 8.42 Å². The smallest absolute Gasteiger partial charge is 0.190 e. The van der Waals surface area contributed by atoms with Crippen LogP contribution in [0, 0.1) is 13.5 Å². The van der Waals surface area contributed by atoms with Crippen molar-refractivity contribution in [2.75, 3.05) is 12.0 Å². The lowest BCUT2D eigenvalue weighted by atomic mass is 9.94. The van der Waals surface area contributed by atoms with Crippen LogP contribution in [0.25, 0.3) is 26.9 Å². The molecule has 0 atom stereocenters. The van der Waals surface area contributed by atoms with Crippen molar-refractivity contribution >= 4 is 43.7 Å². The van der Waals surface area contributed by atoms with Crippen molar-refractivity contribution in [3.05, 3.63) is 52.7 Å². The van der Waals surface area contributed by atoms with Crippen LogP contribution in [0.4, 0.5) is 11.4 Å². The summed E-state index contributed by atoms with van der Waals surface area (Å²) in [5.74, 6) is 0. The van der Waals surface area contributed by atoms with Crippen molar-refractivity contribution in [2.24, 2.45) is 0 Å². The lowest BCUT2D eigenvalue weighted by molar-refractivity contribution is 0.360. The fourth-order valence-corrected chi connectivity index (χ4v) is 5.75. The van der Waals surface area contributed by atoms with Crippen molar-refractivity contribution in [1.29, 1.82) is 0 Å².